The second-order valence-electron chi connectivity index (χ2n) is 12.8. The fraction of sp³-hybridized carbons (Fsp3) is 0.0889. The second-order valence-corrected chi connectivity index (χ2v) is 12.8. The molecule has 0 saturated carbocycles. The van der Waals surface area contributed by atoms with Gasteiger partial charge >= 0.3 is 11.5 Å². The van der Waals surface area contributed by atoms with Gasteiger partial charge < -0.3 is 9.84 Å². The largest absolute Gasteiger partial charge is 0.506 e. The minimum atomic E-state index is -0.776. The molecule has 0 radical (unpaired) electrons. The van der Waals surface area contributed by atoms with Gasteiger partial charge in [-0.2, -0.15) is 0 Å². The van der Waals surface area contributed by atoms with Crippen LogP contribution < -0.4 is 0 Å². The van der Waals surface area contributed by atoms with Crippen molar-refractivity contribution in [2.24, 2.45) is 0 Å². The Morgan fingerprint density at radius 3 is 1.36 bits per heavy atom. The molecule has 5 nitrogen and oxygen atoms in total. The third kappa shape index (κ3) is 6.67. The number of allylic oxidation sites excluding steroid dienone is 6. The number of hydrogen-bond donors (Lipinski definition) is 1. The number of ketones is 2. The summed E-state index contributed by atoms with van der Waals surface area (Å²) < 4.78 is 12.7. The standard InChI is InChI=1S/C45H34O5/c1-27-5-13-33(14-6-27)39-23-31(24-40(49-39)34-15-7-28(2)8-16-34)21-37-43(46)38(45(48)44(37)47)22-32-25-41(35-17-9-29(3)10-18-35)50-42(26-32)36-19-11-30(4)12-20-36/h5-26H,1-4H3/p+1. The molecule has 50 heavy (non-hydrogen) atoms. The molecule has 0 amide bonds. The number of benzene rings is 4. The van der Waals surface area contributed by atoms with E-state index in [9.17, 15) is 14.7 Å². The average Bonchev–Trinajstić information content (AvgIpc) is 3.31. The van der Waals surface area contributed by atoms with Gasteiger partial charge in [0, 0.05) is 11.1 Å². The molecule has 0 unspecified atom stereocenters. The van der Waals surface area contributed by atoms with Crippen LogP contribution in [0.3, 0.4) is 0 Å². The number of rotatable bonds is 6. The molecule has 0 spiro atoms. The summed E-state index contributed by atoms with van der Waals surface area (Å²) in [6.07, 6.45) is 6.72. The number of aliphatic hydroxyl groups excluding tert-OH is 1. The molecule has 1 aliphatic carbocycles. The Balaban J connectivity index is 1.33. The minimum Gasteiger partial charge on any atom is -0.506 e. The van der Waals surface area contributed by atoms with Crippen LogP contribution in [0.5, 0.6) is 0 Å². The highest BCUT2D eigenvalue weighted by molar-refractivity contribution is 6.54. The van der Waals surface area contributed by atoms with E-state index in [2.05, 4.69) is 0 Å². The molecule has 0 bridgehead atoms. The maximum absolute atomic E-state index is 13.5. The number of aryl methyl sites for hydroxylation is 4. The minimum absolute atomic E-state index is 0.0738. The summed E-state index contributed by atoms with van der Waals surface area (Å²) >= 11 is 0. The van der Waals surface area contributed by atoms with Gasteiger partial charge in [-0.1, -0.05) is 95.1 Å². The SMILES string of the molecule is Cc1ccc(C2=CC(=CC3=C(O)/C(=C\c4cc(-c5ccc(C)cc5)[o+]c(-c5ccc(C)cc5)c4)C(=O)C3=O)C=C(c3ccc(C)cc3)O2)cc1. The van der Waals surface area contributed by atoms with Crippen molar-refractivity contribution >= 4 is 29.2 Å². The summed E-state index contributed by atoms with van der Waals surface area (Å²) in [7, 11) is 0. The number of carbonyl (C=O) groups is 2. The Hall–Kier alpha value is -6.33. The van der Waals surface area contributed by atoms with E-state index in [0.717, 1.165) is 44.5 Å². The Morgan fingerprint density at radius 2 is 0.940 bits per heavy atom. The van der Waals surface area contributed by atoms with E-state index < -0.39 is 11.6 Å². The summed E-state index contributed by atoms with van der Waals surface area (Å²) in [5.41, 5.74) is 8.95. The number of ether oxygens (including phenoxy) is 1. The summed E-state index contributed by atoms with van der Waals surface area (Å²) in [6, 6.07) is 35.4. The van der Waals surface area contributed by atoms with Crippen LogP contribution in [0, 0.1) is 27.7 Å². The van der Waals surface area contributed by atoms with E-state index in [1.807, 2.05) is 149 Å². The number of Topliss-reactive ketones (excluding diaryl/α,β-unsaturated/α-hetero) is 2. The first-order valence-electron chi connectivity index (χ1n) is 16.4. The van der Waals surface area contributed by atoms with Gasteiger partial charge in [0.1, 0.15) is 17.3 Å². The zero-order valence-corrected chi connectivity index (χ0v) is 28.3. The van der Waals surface area contributed by atoms with Crippen molar-refractivity contribution in [3.8, 4) is 22.6 Å². The number of aliphatic hydroxyl groups is 1. The van der Waals surface area contributed by atoms with E-state index in [-0.39, 0.29) is 16.9 Å². The van der Waals surface area contributed by atoms with Gasteiger partial charge in [0.2, 0.25) is 11.6 Å². The van der Waals surface area contributed by atoms with E-state index in [4.69, 9.17) is 9.15 Å². The van der Waals surface area contributed by atoms with E-state index in [1.54, 1.807) is 12.2 Å². The fourth-order valence-electron chi connectivity index (χ4n) is 5.86. The van der Waals surface area contributed by atoms with Crippen LogP contribution in [-0.4, -0.2) is 16.7 Å². The first kappa shape index (κ1) is 32.2. The molecule has 0 atom stereocenters. The average molecular weight is 656 g/mol. The highest BCUT2D eigenvalue weighted by Crippen LogP contribution is 2.36. The van der Waals surface area contributed by atoms with Gasteiger partial charge in [0.15, 0.2) is 0 Å². The molecule has 244 valence electrons. The Morgan fingerprint density at radius 1 is 0.540 bits per heavy atom. The van der Waals surface area contributed by atoms with Gasteiger partial charge in [0.25, 0.3) is 0 Å². The molecule has 7 rings (SSSR count). The first-order valence-corrected chi connectivity index (χ1v) is 16.4. The number of hydrogen-bond acceptors (Lipinski definition) is 4. The molecule has 2 heterocycles. The Bertz CT molecular complexity index is 2180. The van der Waals surface area contributed by atoms with Gasteiger partial charge in [-0.05, 0) is 87.4 Å². The lowest BCUT2D eigenvalue weighted by molar-refractivity contribution is -0.131. The van der Waals surface area contributed by atoms with Crippen LogP contribution in [-0.2, 0) is 14.3 Å². The maximum atomic E-state index is 13.5. The molecular formula is C45H35O5+. The van der Waals surface area contributed by atoms with Crippen molar-refractivity contribution in [3.63, 3.8) is 0 Å². The molecule has 0 saturated heterocycles. The van der Waals surface area contributed by atoms with Gasteiger partial charge in [-0.25, -0.2) is 4.42 Å². The van der Waals surface area contributed by atoms with Gasteiger partial charge in [-0.3, -0.25) is 9.59 Å². The molecule has 2 aliphatic rings. The monoisotopic (exact) mass is 655 g/mol. The van der Waals surface area contributed by atoms with Gasteiger partial charge in [-0.15, -0.1) is 0 Å². The van der Waals surface area contributed by atoms with Crippen molar-refractivity contribution in [1.82, 2.24) is 0 Å². The summed E-state index contributed by atoms with van der Waals surface area (Å²) in [4.78, 5) is 26.9. The van der Waals surface area contributed by atoms with E-state index in [1.165, 1.54) is 0 Å². The van der Waals surface area contributed by atoms with Crippen molar-refractivity contribution in [1.29, 1.82) is 0 Å². The molecule has 0 fully saturated rings. The lowest BCUT2D eigenvalue weighted by atomic mass is 10.0. The summed E-state index contributed by atoms with van der Waals surface area (Å²) in [5.74, 6) is 0.418. The van der Waals surface area contributed by atoms with Crippen molar-refractivity contribution in [2.45, 2.75) is 27.7 Å². The molecule has 1 aliphatic heterocycles. The van der Waals surface area contributed by atoms with Crippen LogP contribution in [0.25, 0.3) is 40.2 Å². The third-order valence-corrected chi connectivity index (χ3v) is 8.80. The smallest absolute Gasteiger partial charge is 0.361 e. The molecule has 5 aromatic rings. The van der Waals surface area contributed by atoms with Crippen molar-refractivity contribution < 1.29 is 23.8 Å². The second kappa shape index (κ2) is 13.3. The van der Waals surface area contributed by atoms with Crippen molar-refractivity contribution in [2.75, 3.05) is 0 Å². The lowest BCUT2D eigenvalue weighted by Crippen LogP contribution is -2.09. The van der Waals surface area contributed by atoms with Crippen LogP contribution in [0.1, 0.15) is 38.9 Å². The Kier molecular flexibility index (Phi) is 8.57. The third-order valence-electron chi connectivity index (χ3n) is 8.80. The number of carbonyl (C=O) groups excluding carboxylic acids is 2. The topological polar surface area (TPSA) is 74.9 Å². The highest BCUT2D eigenvalue weighted by atomic mass is 16.5. The molecule has 4 aromatic carbocycles. The highest BCUT2D eigenvalue weighted by Gasteiger charge is 2.36. The summed E-state index contributed by atoms with van der Waals surface area (Å²) in [6.45, 7) is 8.07. The molecular weight excluding hydrogens is 620 g/mol. The predicted molar refractivity (Wildman–Crippen MR) is 199 cm³/mol. The van der Waals surface area contributed by atoms with Gasteiger partial charge in [0.05, 0.1) is 34.4 Å². The lowest BCUT2D eigenvalue weighted by Gasteiger charge is -2.19. The zero-order valence-electron chi connectivity index (χ0n) is 28.3. The van der Waals surface area contributed by atoms with Crippen LogP contribution in [0.15, 0.2) is 154 Å². The molecule has 5 heteroatoms. The normalized spacial score (nSPS) is 15.3. The van der Waals surface area contributed by atoms with Crippen LogP contribution in [0.4, 0.5) is 0 Å². The Labute approximate surface area is 291 Å². The van der Waals surface area contributed by atoms with E-state index in [0.29, 0.717) is 34.2 Å². The zero-order chi connectivity index (χ0) is 34.9. The predicted octanol–water partition coefficient (Wildman–Crippen LogP) is 10.5. The van der Waals surface area contributed by atoms with Crippen LogP contribution in [0.2, 0.25) is 0 Å². The van der Waals surface area contributed by atoms with Crippen LogP contribution >= 0.6 is 0 Å². The molecule has 1 N–H and O–H groups in total. The maximum Gasteiger partial charge on any atom is 0.361 e. The quantitative estimate of drug-likeness (QED) is 0.112. The first-order chi connectivity index (χ1) is 24.1. The van der Waals surface area contributed by atoms with E-state index >= 15 is 0 Å². The fourth-order valence-corrected chi connectivity index (χ4v) is 5.86. The summed E-state index contributed by atoms with van der Waals surface area (Å²) in [5, 5.41) is 11.5. The van der Waals surface area contributed by atoms with Crippen molar-refractivity contribution in [3.05, 3.63) is 189 Å². The molecule has 1 aromatic heterocycles.